The van der Waals surface area contributed by atoms with E-state index in [9.17, 15) is 8.42 Å². The van der Waals surface area contributed by atoms with Crippen molar-refractivity contribution >= 4 is 10.0 Å². The van der Waals surface area contributed by atoms with E-state index < -0.39 is 10.0 Å². The molecule has 0 aliphatic rings. The van der Waals surface area contributed by atoms with Crippen molar-refractivity contribution < 1.29 is 8.42 Å². The zero-order valence-electron chi connectivity index (χ0n) is 9.06. The maximum Gasteiger partial charge on any atom is 0.259 e. The minimum atomic E-state index is -3.48. The first-order valence-corrected chi connectivity index (χ1v) is 6.01. The van der Waals surface area contributed by atoms with Gasteiger partial charge in [-0.3, -0.25) is 0 Å². The van der Waals surface area contributed by atoms with Crippen LogP contribution in [0.15, 0.2) is 11.2 Å². The Hall–Kier alpha value is -0.920. The molecule has 0 saturated heterocycles. The van der Waals surface area contributed by atoms with Crippen molar-refractivity contribution in [1.29, 1.82) is 0 Å². The summed E-state index contributed by atoms with van der Waals surface area (Å²) < 4.78 is 25.0. The maximum atomic E-state index is 11.9. The quantitative estimate of drug-likeness (QED) is 0.744. The summed E-state index contributed by atoms with van der Waals surface area (Å²) in [6.45, 7) is 3.73. The highest BCUT2D eigenvalue weighted by molar-refractivity contribution is 7.89. The number of nitrogens with zero attached hydrogens (tertiary/aromatic N) is 2. The van der Waals surface area contributed by atoms with Crippen LogP contribution in [-0.2, 0) is 10.0 Å². The zero-order valence-corrected chi connectivity index (χ0v) is 9.87. The van der Waals surface area contributed by atoms with E-state index in [1.54, 1.807) is 13.8 Å². The Labute approximate surface area is 89.5 Å². The molecule has 1 heterocycles. The lowest BCUT2D eigenvalue weighted by atomic mass is 10.4. The molecule has 15 heavy (non-hydrogen) atoms. The van der Waals surface area contributed by atoms with E-state index in [1.807, 2.05) is 0 Å². The normalized spacial score (nSPS) is 14.5. The number of nitrogens with one attached hydrogen (secondary N) is 1. The number of aromatic amines is 1. The monoisotopic (exact) mass is 232 g/mol. The first-order chi connectivity index (χ1) is 6.84. The standard InChI is InChI=1S/C8H16N4O2S/c1-6(9)5-12(3)15(13,14)8-4-10-7(2)11-8/h4,6H,5,9H2,1-3H3,(H,10,11). The fraction of sp³-hybridized carbons (Fsp3) is 0.625. The number of H-pyrrole nitrogens is 1. The summed E-state index contributed by atoms with van der Waals surface area (Å²) in [6, 6.07) is -0.200. The highest BCUT2D eigenvalue weighted by Crippen LogP contribution is 2.11. The molecule has 6 nitrogen and oxygen atoms in total. The van der Waals surface area contributed by atoms with E-state index in [0.29, 0.717) is 5.82 Å². The molecule has 0 aliphatic heterocycles. The van der Waals surface area contributed by atoms with E-state index in [-0.39, 0.29) is 17.6 Å². The van der Waals surface area contributed by atoms with Crippen molar-refractivity contribution in [2.45, 2.75) is 24.9 Å². The summed E-state index contributed by atoms with van der Waals surface area (Å²) in [6.07, 6.45) is 1.31. The van der Waals surface area contributed by atoms with Crippen LogP contribution in [0.5, 0.6) is 0 Å². The maximum absolute atomic E-state index is 11.9. The SMILES string of the molecule is Cc1ncc(S(=O)(=O)N(C)CC(C)N)[nH]1. The van der Waals surface area contributed by atoms with Gasteiger partial charge in [0, 0.05) is 19.6 Å². The minimum Gasteiger partial charge on any atom is -0.332 e. The molecule has 0 aliphatic carbocycles. The van der Waals surface area contributed by atoms with Crippen LogP contribution in [0.3, 0.4) is 0 Å². The summed E-state index contributed by atoms with van der Waals surface area (Å²) in [7, 11) is -1.98. The number of sulfonamides is 1. The molecule has 1 atom stereocenters. The highest BCUT2D eigenvalue weighted by atomic mass is 32.2. The Morgan fingerprint density at radius 2 is 2.27 bits per heavy atom. The number of imidazole rings is 1. The molecule has 0 radical (unpaired) electrons. The molecule has 1 rings (SSSR count). The van der Waals surface area contributed by atoms with Gasteiger partial charge in [-0.15, -0.1) is 0 Å². The molecule has 1 aromatic heterocycles. The fourth-order valence-corrected chi connectivity index (χ4v) is 2.43. The van der Waals surface area contributed by atoms with Gasteiger partial charge in [0.05, 0.1) is 6.20 Å². The summed E-state index contributed by atoms with van der Waals surface area (Å²) in [4.78, 5) is 6.54. The van der Waals surface area contributed by atoms with Crippen molar-refractivity contribution in [3.05, 3.63) is 12.0 Å². The van der Waals surface area contributed by atoms with Crippen molar-refractivity contribution in [3.63, 3.8) is 0 Å². The highest BCUT2D eigenvalue weighted by Gasteiger charge is 2.23. The topological polar surface area (TPSA) is 92.1 Å². The van der Waals surface area contributed by atoms with Gasteiger partial charge in [0.15, 0.2) is 5.03 Å². The Balaban J connectivity index is 2.93. The third-order valence-corrected chi connectivity index (χ3v) is 3.65. The van der Waals surface area contributed by atoms with Gasteiger partial charge in [0.25, 0.3) is 10.0 Å². The van der Waals surface area contributed by atoms with Gasteiger partial charge in [-0.05, 0) is 13.8 Å². The van der Waals surface area contributed by atoms with Gasteiger partial charge in [0.1, 0.15) is 5.82 Å². The molecule has 7 heteroatoms. The molecule has 0 aromatic carbocycles. The van der Waals surface area contributed by atoms with E-state index in [0.717, 1.165) is 0 Å². The second-order valence-electron chi connectivity index (χ2n) is 3.60. The number of likely N-dealkylation sites (N-methyl/N-ethyl adjacent to an activating group) is 1. The number of nitrogens with two attached hydrogens (primary N) is 1. The van der Waals surface area contributed by atoms with Crippen LogP contribution in [-0.4, -0.2) is 42.3 Å². The Kier molecular flexibility index (Phi) is 3.48. The van der Waals surface area contributed by atoms with Crippen LogP contribution in [0, 0.1) is 6.92 Å². The summed E-state index contributed by atoms with van der Waals surface area (Å²) in [5.74, 6) is 0.572. The van der Waals surface area contributed by atoms with Gasteiger partial charge in [-0.2, -0.15) is 4.31 Å². The number of aromatic nitrogens is 2. The molecular weight excluding hydrogens is 216 g/mol. The first-order valence-electron chi connectivity index (χ1n) is 4.57. The molecule has 1 unspecified atom stereocenters. The smallest absolute Gasteiger partial charge is 0.259 e. The van der Waals surface area contributed by atoms with Gasteiger partial charge in [-0.1, -0.05) is 0 Å². The molecule has 3 N–H and O–H groups in total. The van der Waals surface area contributed by atoms with Crippen LogP contribution >= 0.6 is 0 Å². The molecule has 1 aromatic rings. The lowest BCUT2D eigenvalue weighted by molar-refractivity contribution is 0.443. The lowest BCUT2D eigenvalue weighted by Gasteiger charge is -2.17. The van der Waals surface area contributed by atoms with Gasteiger partial charge in [-0.25, -0.2) is 13.4 Å². The molecule has 0 fully saturated rings. The Morgan fingerprint density at radius 3 is 2.67 bits per heavy atom. The largest absolute Gasteiger partial charge is 0.332 e. The third-order valence-electron chi connectivity index (χ3n) is 1.91. The summed E-state index contributed by atoms with van der Waals surface area (Å²) in [5.41, 5.74) is 5.54. The van der Waals surface area contributed by atoms with Gasteiger partial charge >= 0.3 is 0 Å². The van der Waals surface area contributed by atoms with E-state index in [4.69, 9.17) is 5.73 Å². The van der Waals surface area contributed by atoms with E-state index in [2.05, 4.69) is 9.97 Å². The van der Waals surface area contributed by atoms with E-state index in [1.165, 1.54) is 17.5 Å². The average Bonchev–Trinajstić information content (AvgIpc) is 2.50. The van der Waals surface area contributed by atoms with Crippen LogP contribution in [0.2, 0.25) is 0 Å². The second kappa shape index (κ2) is 4.30. The number of rotatable bonds is 4. The summed E-state index contributed by atoms with van der Waals surface area (Å²) in [5, 5.41) is 0.100. The van der Waals surface area contributed by atoms with Crippen molar-refractivity contribution in [2.24, 2.45) is 5.73 Å². The van der Waals surface area contributed by atoms with Crippen LogP contribution in [0.4, 0.5) is 0 Å². The zero-order chi connectivity index (χ0) is 11.6. The van der Waals surface area contributed by atoms with E-state index >= 15 is 0 Å². The van der Waals surface area contributed by atoms with Crippen molar-refractivity contribution in [1.82, 2.24) is 14.3 Å². The molecule has 0 bridgehead atoms. The minimum absolute atomic E-state index is 0.100. The average molecular weight is 232 g/mol. The van der Waals surface area contributed by atoms with Crippen LogP contribution in [0.25, 0.3) is 0 Å². The van der Waals surface area contributed by atoms with Gasteiger partial charge in [0.2, 0.25) is 0 Å². The number of aryl methyl sites for hydroxylation is 1. The summed E-state index contributed by atoms with van der Waals surface area (Å²) >= 11 is 0. The molecule has 86 valence electrons. The van der Waals surface area contributed by atoms with Crippen LogP contribution in [0.1, 0.15) is 12.7 Å². The number of hydrogen-bond acceptors (Lipinski definition) is 4. The molecular formula is C8H16N4O2S. The predicted molar refractivity (Wildman–Crippen MR) is 56.8 cm³/mol. The van der Waals surface area contributed by atoms with Crippen molar-refractivity contribution in [2.75, 3.05) is 13.6 Å². The number of hydrogen-bond donors (Lipinski definition) is 2. The third kappa shape index (κ3) is 2.77. The Bertz CT molecular complexity index is 424. The lowest BCUT2D eigenvalue weighted by Crippen LogP contribution is -2.37. The Morgan fingerprint density at radius 1 is 1.67 bits per heavy atom. The molecule has 0 amide bonds. The first kappa shape index (κ1) is 12.2. The van der Waals surface area contributed by atoms with Crippen LogP contribution < -0.4 is 5.73 Å². The van der Waals surface area contributed by atoms with Gasteiger partial charge < -0.3 is 10.7 Å². The second-order valence-corrected chi connectivity index (χ2v) is 5.61. The fourth-order valence-electron chi connectivity index (χ4n) is 1.20. The molecule has 0 spiro atoms. The molecule has 0 saturated carbocycles. The predicted octanol–water partition coefficient (Wildman–Crippen LogP) is -0.314. The van der Waals surface area contributed by atoms with Crippen molar-refractivity contribution in [3.8, 4) is 0 Å².